The minimum absolute atomic E-state index is 0.347. The van der Waals surface area contributed by atoms with Gasteiger partial charge >= 0.3 is 0 Å². The highest BCUT2D eigenvalue weighted by Crippen LogP contribution is 2.23. The predicted molar refractivity (Wildman–Crippen MR) is 104 cm³/mol. The van der Waals surface area contributed by atoms with Gasteiger partial charge in [0.2, 0.25) is 5.88 Å². The van der Waals surface area contributed by atoms with Crippen LogP contribution in [0.1, 0.15) is 16.7 Å². The molecule has 1 heterocycles. The number of methoxy groups -OCH3 is 1. The van der Waals surface area contributed by atoms with E-state index in [1.807, 2.05) is 43.3 Å². The van der Waals surface area contributed by atoms with E-state index in [1.54, 1.807) is 37.6 Å². The van der Waals surface area contributed by atoms with Crippen LogP contribution in [0.5, 0.6) is 17.4 Å². The van der Waals surface area contributed by atoms with Crippen molar-refractivity contribution in [3.05, 3.63) is 83.6 Å². The summed E-state index contributed by atoms with van der Waals surface area (Å²) in [6, 6.07) is 18.7. The number of nitrogens with one attached hydrogen (secondary N) is 1. The van der Waals surface area contributed by atoms with Crippen molar-refractivity contribution in [2.75, 3.05) is 7.11 Å². The maximum atomic E-state index is 9.51. The zero-order valence-corrected chi connectivity index (χ0v) is 15.2. The molecule has 0 bridgehead atoms. The highest BCUT2D eigenvalue weighted by Gasteiger charge is 2.07. The second kappa shape index (κ2) is 8.82. The first-order valence-corrected chi connectivity index (χ1v) is 8.47. The van der Waals surface area contributed by atoms with E-state index in [-0.39, 0.29) is 0 Å². The van der Waals surface area contributed by atoms with Crippen molar-refractivity contribution in [3.8, 4) is 17.4 Å². The smallest absolute Gasteiger partial charge is 0.219 e. The summed E-state index contributed by atoms with van der Waals surface area (Å²) in [4.78, 5) is 8.68. The van der Waals surface area contributed by atoms with E-state index >= 15 is 0 Å². The van der Waals surface area contributed by atoms with Gasteiger partial charge in [-0.3, -0.25) is 15.7 Å². The lowest BCUT2D eigenvalue weighted by Crippen LogP contribution is -2.20. The number of amidine groups is 1. The third kappa shape index (κ3) is 4.83. The standard InChI is InChI=1S/C21H21N3O3/c1-15-5-3-4-6-17(15)14-23-21(24-25)16-11-12-22-20(13-16)27-19-9-7-18(26-2)8-10-19/h3-13,25H,14H2,1-2H3,(H,23,24). The van der Waals surface area contributed by atoms with Crippen LogP contribution in [0.15, 0.2) is 71.9 Å². The Hall–Kier alpha value is -3.38. The Bertz CT molecular complexity index is 924. The number of aryl methyl sites for hydroxylation is 1. The molecule has 6 nitrogen and oxygen atoms in total. The number of aliphatic imine (C=N–C) groups is 1. The predicted octanol–water partition coefficient (Wildman–Crippen LogP) is 4.12. The molecular formula is C21H21N3O3. The van der Waals surface area contributed by atoms with Crippen LogP contribution in [-0.2, 0) is 6.54 Å². The Morgan fingerprint density at radius 3 is 2.52 bits per heavy atom. The van der Waals surface area contributed by atoms with E-state index < -0.39 is 0 Å². The SMILES string of the molecule is COc1ccc(Oc2cc(C(=NCc3ccccc3C)NO)ccn2)cc1. The summed E-state index contributed by atoms with van der Waals surface area (Å²) in [7, 11) is 1.61. The van der Waals surface area contributed by atoms with E-state index in [4.69, 9.17) is 9.47 Å². The number of nitrogens with zero attached hydrogens (tertiary/aromatic N) is 2. The lowest BCUT2D eigenvalue weighted by molar-refractivity contribution is 0.234. The Labute approximate surface area is 158 Å². The van der Waals surface area contributed by atoms with Crippen LogP contribution in [0.3, 0.4) is 0 Å². The van der Waals surface area contributed by atoms with E-state index in [1.165, 1.54) is 0 Å². The zero-order valence-electron chi connectivity index (χ0n) is 15.2. The third-order valence-electron chi connectivity index (χ3n) is 4.06. The number of aromatic nitrogens is 1. The number of hydrogen-bond donors (Lipinski definition) is 2. The van der Waals surface area contributed by atoms with Gasteiger partial charge in [-0.05, 0) is 48.4 Å². The van der Waals surface area contributed by atoms with Crippen molar-refractivity contribution in [2.24, 2.45) is 4.99 Å². The molecule has 6 heteroatoms. The number of pyridine rings is 1. The van der Waals surface area contributed by atoms with Crippen LogP contribution in [0.4, 0.5) is 0 Å². The molecular weight excluding hydrogens is 342 g/mol. The second-order valence-electron chi connectivity index (χ2n) is 5.86. The fourth-order valence-corrected chi connectivity index (χ4v) is 2.52. The zero-order chi connectivity index (χ0) is 19.1. The summed E-state index contributed by atoms with van der Waals surface area (Å²) in [5.41, 5.74) is 5.08. The number of hydrogen-bond acceptors (Lipinski definition) is 5. The fourth-order valence-electron chi connectivity index (χ4n) is 2.52. The van der Waals surface area contributed by atoms with E-state index in [0.29, 0.717) is 29.6 Å². The minimum atomic E-state index is 0.347. The third-order valence-corrected chi connectivity index (χ3v) is 4.06. The summed E-state index contributed by atoms with van der Waals surface area (Å²) >= 11 is 0. The number of benzene rings is 2. The average Bonchev–Trinajstić information content (AvgIpc) is 2.71. The molecule has 0 unspecified atom stereocenters. The molecule has 0 radical (unpaired) electrons. The van der Waals surface area contributed by atoms with Crippen molar-refractivity contribution in [2.45, 2.75) is 13.5 Å². The van der Waals surface area contributed by atoms with Crippen LogP contribution < -0.4 is 15.0 Å². The van der Waals surface area contributed by atoms with Gasteiger partial charge in [0.15, 0.2) is 5.84 Å². The highest BCUT2D eigenvalue weighted by molar-refractivity contribution is 5.98. The molecule has 0 aliphatic rings. The summed E-state index contributed by atoms with van der Waals surface area (Å²) in [5.74, 6) is 2.13. The molecule has 0 atom stereocenters. The number of hydroxylamine groups is 1. The van der Waals surface area contributed by atoms with Crippen molar-refractivity contribution in [3.63, 3.8) is 0 Å². The molecule has 0 aliphatic carbocycles. The number of rotatable bonds is 6. The van der Waals surface area contributed by atoms with Crippen LogP contribution in [0.2, 0.25) is 0 Å². The van der Waals surface area contributed by atoms with Gasteiger partial charge < -0.3 is 9.47 Å². The monoisotopic (exact) mass is 363 g/mol. The first kappa shape index (κ1) is 18.4. The second-order valence-corrected chi connectivity index (χ2v) is 5.86. The molecule has 0 spiro atoms. The van der Waals surface area contributed by atoms with Crippen molar-refractivity contribution >= 4 is 5.84 Å². The van der Waals surface area contributed by atoms with Gasteiger partial charge in [0.1, 0.15) is 11.5 Å². The molecule has 3 rings (SSSR count). The topological polar surface area (TPSA) is 76.0 Å². The van der Waals surface area contributed by atoms with Gasteiger partial charge in [0.25, 0.3) is 0 Å². The van der Waals surface area contributed by atoms with Crippen LogP contribution in [0, 0.1) is 6.92 Å². The maximum Gasteiger partial charge on any atom is 0.219 e. The Morgan fingerprint density at radius 2 is 1.81 bits per heavy atom. The molecule has 138 valence electrons. The highest BCUT2D eigenvalue weighted by atomic mass is 16.5. The van der Waals surface area contributed by atoms with Gasteiger partial charge in [0, 0.05) is 17.8 Å². The normalized spacial score (nSPS) is 11.1. The van der Waals surface area contributed by atoms with E-state index in [0.717, 1.165) is 16.9 Å². The lowest BCUT2D eigenvalue weighted by Gasteiger charge is -2.09. The molecule has 2 aromatic carbocycles. The summed E-state index contributed by atoms with van der Waals surface area (Å²) in [5, 5.41) is 9.51. The Balaban J connectivity index is 1.77. The van der Waals surface area contributed by atoms with E-state index in [2.05, 4.69) is 15.5 Å². The molecule has 2 N–H and O–H groups in total. The number of ether oxygens (including phenoxy) is 2. The van der Waals surface area contributed by atoms with Crippen molar-refractivity contribution in [1.82, 2.24) is 10.5 Å². The van der Waals surface area contributed by atoms with Crippen molar-refractivity contribution < 1.29 is 14.7 Å². The van der Waals surface area contributed by atoms with E-state index in [9.17, 15) is 5.21 Å². The van der Waals surface area contributed by atoms with Crippen LogP contribution >= 0.6 is 0 Å². The molecule has 0 aliphatic heterocycles. The lowest BCUT2D eigenvalue weighted by atomic mass is 10.1. The molecule has 0 saturated carbocycles. The summed E-state index contributed by atoms with van der Waals surface area (Å²) in [6.45, 7) is 2.48. The van der Waals surface area contributed by atoms with Gasteiger partial charge in [-0.1, -0.05) is 24.3 Å². The molecule has 0 fully saturated rings. The molecule has 0 amide bonds. The molecule has 0 saturated heterocycles. The largest absolute Gasteiger partial charge is 0.497 e. The summed E-state index contributed by atoms with van der Waals surface area (Å²) in [6.07, 6.45) is 1.61. The first-order chi connectivity index (χ1) is 13.2. The van der Waals surface area contributed by atoms with Crippen molar-refractivity contribution in [1.29, 1.82) is 0 Å². The fraction of sp³-hybridized carbons (Fsp3) is 0.143. The molecule has 1 aromatic heterocycles. The molecule has 3 aromatic rings. The van der Waals surface area contributed by atoms with Gasteiger partial charge in [-0.2, -0.15) is 0 Å². The van der Waals surface area contributed by atoms with Gasteiger partial charge in [0.05, 0.1) is 13.7 Å². The van der Waals surface area contributed by atoms with Gasteiger partial charge in [-0.25, -0.2) is 4.98 Å². The summed E-state index contributed by atoms with van der Waals surface area (Å²) < 4.78 is 10.9. The average molecular weight is 363 g/mol. The Kier molecular flexibility index (Phi) is 6.02. The minimum Gasteiger partial charge on any atom is -0.497 e. The van der Waals surface area contributed by atoms with Crippen LogP contribution in [0.25, 0.3) is 0 Å². The van der Waals surface area contributed by atoms with Crippen LogP contribution in [-0.4, -0.2) is 23.1 Å². The Morgan fingerprint density at radius 1 is 1.07 bits per heavy atom. The quantitative estimate of drug-likeness (QED) is 0.391. The molecule has 27 heavy (non-hydrogen) atoms. The van der Waals surface area contributed by atoms with Gasteiger partial charge in [-0.15, -0.1) is 0 Å². The maximum absolute atomic E-state index is 9.51. The first-order valence-electron chi connectivity index (χ1n) is 8.47.